The first-order chi connectivity index (χ1) is 12.1. The summed E-state index contributed by atoms with van der Waals surface area (Å²) in [5, 5.41) is 15.9. The Morgan fingerprint density at radius 3 is 3.08 bits per heavy atom. The predicted octanol–water partition coefficient (Wildman–Crippen LogP) is 2.50. The van der Waals surface area contributed by atoms with E-state index >= 15 is 0 Å². The fourth-order valence-electron chi connectivity index (χ4n) is 3.66. The van der Waals surface area contributed by atoms with Crippen molar-refractivity contribution >= 4 is 10.9 Å². The second kappa shape index (κ2) is 6.54. The van der Waals surface area contributed by atoms with Gasteiger partial charge < -0.3 is 9.63 Å². The molecule has 1 aromatic carbocycles. The highest BCUT2D eigenvalue weighted by atomic mass is 16.5. The van der Waals surface area contributed by atoms with Gasteiger partial charge in [0.25, 0.3) is 0 Å². The van der Waals surface area contributed by atoms with Gasteiger partial charge in [-0.05, 0) is 50.1 Å². The molecule has 2 aromatic heterocycles. The number of likely N-dealkylation sites (tertiary alicyclic amines) is 1. The van der Waals surface area contributed by atoms with Gasteiger partial charge in [-0.2, -0.15) is 4.98 Å². The van der Waals surface area contributed by atoms with Crippen LogP contribution in [0.3, 0.4) is 0 Å². The number of β-amino-alcohol motifs (C(OH)–C–C–N with tert-alkyl or cyclic N) is 1. The number of hydrogen-bond donors (Lipinski definition) is 1. The first kappa shape index (κ1) is 16.2. The van der Waals surface area contributed by atoms with Crippen LogP contribution in [-0.4, -0.2) is 43.8 Å². The monoisotopic (exact) mass is 338 g/mol. The summed E-state index contributed by atoms with van der Waals surface area (Å²) in [5.74, 6) is 1.12. The predicted molar refractivity (Wildman–Crippen MR) is 93.9 cm³/mol. The van der Waals surface area contributed by atoms with E-state index in [1.807, 2.05) is 12.3 Å². The normalized spacial score (nSPS) is 21.7. The molecule has 4 rings (SSSR count). The van der Waals surface area contributed by atoms with E-state index in [4.69, 9.17) is 4.52 Å². The van der Waals surface area contributed by atoms with Gasteiger partial charge in [-0.1, -0.05) is 17.3 Å². The maximum Gasteiger partial charge on any atom is 0.229 e. The van der Waals surface area contributed by atoms with Crippen LogP contribution >= 0.6 is 0 Å². The SMILES string of the molecule is Cc1noc(CC2(O)CCCN(Cc3ccc4ncccc4c3)C2)n1. The minimum atomic E-state index is -0.810. The number of fused-ring (bicyclic) bond motifs is 1. The van der Waals surface area contributed by atoms with Gasteiger partial charge in [0.05, 0.1) is 17.5 Å². The van der Waals surface area contributed by atoms with E-state index in [-0.39, 0.29) is 0 Å². The summed E-state index contributed by atoms with van der Waals surface area (Å²) in [4.78, 5) is 10.9. The van der Waals surface area contributed by atoms with E-state index in [9.17, 15) is 5.11 Å². The van der Waals surface area contributed by atoms with Gasteiger partial charge in [-0.3, -0.25) is 9.88 Å². The van der Waals surface area contributed by atoms with E-state index < -0.39 is 5.60 Å². The zero-order valence-electron chi connectivity index (χ0n) is 14.4. The van der Waals surface area contributed by atoms with Crippen LogP contribution in [0.25, 0.3) is 10.9 Å². The Balaban J connectivity index is 1.46. The van der Waals surface area contributed by atoms with Crippen LogP contribution in [0.1, 0.15) is 30.1 Å². The summed E-state index contributed by atoms with van der Waals surface area (Å²) in [6.45, 7) is 4.20. The molecular formula is C19H22N4O2. The summed E-state index contributed by atoms with van der Waals surface area (Å²) >= 11 is 0. The number of benzene rings is 1. The zero-order valence-corrected chi connectivity index (χ0v) is 14.4. The van der Waals surface area contributed by atoms with E-state index in [0.29, 0.717) is 24.7 Å². The molecule has 0 radical (unpaired) electrons. The van der Waals surface area contributed by atoms with Crippen molar-refractivity contribution in [2.75, 3.05) is 13.1 Å². The Morgan fingerprint density at radius 2 is 2.24 bits per heavy atom. The molecule has 0 amide bonds. The maximum absolute atomic E-state index is 11.0. The molecule has 1 fully saturated rings. The Hall–Kier alpha value is -2.31. The van der Waals surface area contributed by atoms with E-state index in [1.165, 1.54) is 5.56 Å². The van der Waals surface area contributed by atoms with Crippen LogP contribution < -0.4 is 0 Å². The highest BCUT2D eigenvalue weighted by molar-refractivity contribution is 5.78. The number of nitrogens with zero attached hydrogens (tertiary/aromatic N) is 4. The average Bonchev–Trinajstić information content (AvgIpc) is 2.99. The van der Waals surface area contributed by atoms with Gasteiger partial charge in [0.1, 0.15) is 0 Å². The molecule has 130 valence electrons. The van der Waals surface area contributed by atoms with E-state index in [0.717, 1.165) is 36.8 Å². The number of rotatable bonds is 4. The third-order valence-corrected chi connectivity index (χ3v) is 4.76. The van der Waals surface area contributed by atoms with Crippen molar-refractivity contribution in [3.8, 4) is 0 Å². The van der Waals surface area contributed by atoms with Crippen molar-refractivity contribution in [1.29, 1.82) is 0 Å². The Morgan fingerprint density at radius 1 is 1.32 bits per heavy atom. The van der Waals surface area contributed by atoms with Gasteiger partial charge in [0.15, 0.2) is 5.82 Å². The van der Waals surface area contributed by atoms with Gasteiger partial charge in [-0.25, -0.2) is 0 Å². The van der Waals surface area contributed by atoms with Crippen molar-refractivity contribution in [3.05, 3.63) is 53.8 Å². The Bertz CT molecular complexity index is 878. The standard InChI is InChI=1S/C19H22N4O2/c1-14-21-18(25-22-14)11-19(24)7-3-9-23(13-19)12-15-5-6-17-16(10-15)4-2-8-20-17/h2,4-6,8,10,24H,3,7,9,11-13H2,1H3. The minimum absolute atomic E-state index is 0.409. The van der Waals surface area contributed by atoms with Crippen molar-refractivity contribution in [2.24, 2.45) is 0 Å². The molecule has 6 heteroatoms. The summed E-state index contributed by atoms with van der Waals surface area (Å²) in [5.41, 5.74) is 1.43. The number of piperidine rings is 1. The third-order valence-electron chi connectivity index (χ3n) is 4.76. The molecule has 6 nitrogen and oxygen atoms in total. The Labute approximate surface area is 146 Å². The van der Waals surface area contributed by atoms with Crippen molar-refractivity contribution in [2.45, 2.75) is 38.3 Å². The second-order valence-electron chi connectivity index (χ2n) is 6.98. The lowest BCUT2D eigenvalue weighted by molar-refractivity contribution is -0.0373. The molecule has 1 N–H and O–H groups in total. The summed E-state index contributed by atoms with van der Waals surface area (Å²) < 4.78 is 5.19. The molecule has 0 bridgehead atoms. The molecule has 1 saturated heterocycles. The molecule has 1 aliphatic rings. The summed E-state index contributed by atoms with van der Waals surface area (Å²) in [6, 6.07) is 10.4. The first-order valence-electron chi connectivity index (χ1n) is 8.67. The molecule has 0 aliphatic carbocycles. The van der Waals surface area contributed by atoms with E-state index in [1.54, 1.807) is 6.92 Å². The largest absolute Gasteiger partial charge is 0.388 e. The van der Waals surface area contributed by atoms with Crippen molar-refractivity contribution in [3.63, 3.8) is 0 Å². The number of aliphatic hydroxyl groups is 1. The molecule has 0 saturated carbocycles. The lowest BCUT2D eigenvalue weighted by Crippen LogP contribution is -2.49. The molecule has 3 aromatic rings. The number of aryl methyl sites for hydroxylation is 1. The van der Waals surface area contributed by atoms with Crippen molar-refractivity contribution in [1.82, 2.24) is 20.0 Å². The molecule has 25 heavy (non-hydrogen) atoms. The lowest BCUT2D eigenvalue weighted by atomic mass is 9.89. The van der Waals surface area contributed by atoms with Gasteiger partial charge in [0.2, 0.25) is 5.89 Å². The van der Waals surface area contributed by atoms with Crippen LogP contribution in [0.4, 0.5) is 0 Å². The number of pyridine rings is 1. The minimum Gasteiger partial charge on any atom is -0.388 e. The fourth-order valence-corrected chi connectivity index (χ4v) is 3.66. The molecule has 3 heterocycles. The smallest absolute Gasteiger partial charge is 0.229 e. The highest BCUT2D eigenvalue weighted by Crippen LogP contribution is 2.26. The molecule has 0 spiro atoms. The second-order valence-corrected chi connectivity index (χ2v) is 6.98. The highest BCUT2D eigenvalue weighted by Gasteiger charge is 2.35. The lowest BCUT2D eigenvalue weighted by Gasteiger charge is -2.38. The number of aromatic nitrogens is 3. The van der Waals surface area contributed by atoms with Gasteiger partial charge in [0, 0.05) is 24.7 Å². The number of hydrogen-bond acceptors (Lipinski definition) is 6. The molecule has 1 aliphatic heterocycles. The van der Waals surface area contributed by atoms with Crippen LogP contribution in [-0.2, 0) is 13.0 Å². The van der Waals surface area contributed by atoms with Crippen molar-refractivity contribution < 1.29 is 9.63 Å². The van der Waals surface area contributed by atoms with Crippen LogP contribution in [0.15, 0.2) is 41.1 Å². The molecule has 1 unspecified atom stereocenters. The fraction of sp³-hybridized carbons (Fsp3) is 0.421. The summed E-state index contributed by atoms with van der Waals surface area (Å²) in [6.07, 6.45) is 3.93. The van der Waals surface area contributed by atoms with Gasteiger partial charge >= 0.3 is 0 Å². The zero-order chi connectivity index (χ0) is 17.3. The molecular weight excluding hydrogens is 316 g/mol. The first-order valence-corrected chi connectivity index (χ1v) is 8.67. The van der Waals surface area contributed by atoms with E-state index in [2.05, 4.69) is 44.3 Å². The van der Waals surface area contributed by atoms with Crippen LogP contribution in [0, 0.1) is 6.92 Å². The maximum atomic E-state index is 11.0. The van der Waals surface area contributed by atoms with Crippen LogP contribution in [0.5, 0.6) is 0 Å². The summed E-state index contributed by atoms with van der Waals surface area (Å²) in [7, 11) is 0. The Kier molecular flexibility index (Phi) is 4.23. The van der Waals surface area contributed by atoms with Crippen LogP contribution in [0.2, 0.25) is 0 Å². The van der Waals surface area contributed by atoms with Gasteiger partial charge in [-0.15, -0.1) is 0 Å². The molecule has 1 atom stereocenters. The topological polar surface area (TPSA) is 75.3 Å². The third kappa shape index (κ3) is 3.70. The quantitative estimate of drug-likeness (QED) is 0.788. The average molecular weight is 338 g/mol.